The third kappa shape index (κ3) is 4.86. The average Bonchev–Trinajstić information content (AvgIpc) is 3.02. The molecule has 1 heterocycles. The Morgan fingerprint density at radius 1 is 1.32 bits per heavy atom. The molecule has 6 heteroatoms. The number of rotatable bonds is 7. The molecule has 1 atom stereocenters. The van der Waals surface area contributed by atoms with Crippen LogP contribution in [0, 0.1) is 0 Å². The van der Waals surface area contributed by atoms with E-state index in [0.717, 1.165) is 24.9 Å². The Balaban J connectivity index is 0.00000242. The fraction of sp³-hybridized carbons (Fsp3) is 0.375. The minimum Gasteiger partial charge on any atom is -0.347 e. The number of nitrogens with two attached hydrogens (primary N) is 1. The van der Waals surface area contributed by atoms with E-state index in [1.165, 1.54) is 0 Å². The highest BCUT2D eigenvalue weighted by Gasteiger charge is 2.14. The quantitative estimate of drug-likeness (QED) is 0.822. The van der Waals surface area contributed by atoms with Gasteiger partial charge in [0.05, 0.1) is 5.69 Å². The number of halogens is 1. The van der Waals surface area contributed by atoms with Gasteiger partial charge in [-0.1, -0.05) is 38.0 Å². The molecule has 0 fully saturated rings. The SMILES string of the molecule is CCCCC(CN)NC(=O)c1ccn(-c2ccccc2)n1.Cl. The van der Waals surface area contributed by atoms with E-state index >= 15 is 0 Å². The second kappa shape index (κ2) is 9.23. The number of nitrogens with one attached hydrogen (secondary N) is 1. The summed E-state index contributed by atoms with van der Waals surface area (Å²) < 4.78 is 1.69. The standard InChI is InChI=1S/C16H22N4O.ClH/c1-2-3-7-13(12-17)18-16(21)15-10-11-20(19-15)14-8-5-4-6-9-14;/h4-6,8-11,13H,2-3,7,12,17H2,1H3,(H,18,21);1H. The molecule has 0 radical (unpaired) electrons. The van der Waals surface area contributed by atoms with Crippen molar-refractivity contribution in [3.8, 4) is 5.69 Å². The van der Waals surface area contributed by atoms with Crippen LogP contribution in [0.3, 0.4) is 0 Å². The maximum absolute atomic E-state index is 12.2. The van der Waals surface area contributed by atoms with Gasteiger partial charge in [0.25, 0.3) is 5.91 Å². The molecular weight excluding hydrogens is 300 g/mol. The van der Waals surface area contributed by atoms with Crippen LogP contribution in [-0.2, 0) is 0 Å². The van der Waals surface area contributed by atoms with Crippen molar-refractivity contribution in [1.29, 1.82) is 0 Å². The van der Waals surface area contributed by atoms with E-state index in [9.17, 15) is 4.79 Å². The highest BCUT2D eigenvalue weighted by atomic mass is 35.5. The van der Waals surface area contributed by atoms with Crippen molar-refractivity contribution in [2.75, 3.05) is 6.54 Å². The lowest BCUT2D eigenvalue weighted by Crippen LogP contribution is -2.40. The maximum atomic E-state index is 12.2. The molecule has 2 aromatic rings. The Labute approximate surface area is 137 Å². The molecule has 120 valence electrons. The topological polar surface area (TPSA) is 72.9 Å². The maximum Gasteiger partial charge on any atom is 0.272 e. The molecule has 0 aliphatic carbocycles. The van der Waals surface area contributed by atoms with E-state index in [-0.39, 0.29) is 24.4 Å². The summed E-state index contributed by atoms with van der Waals surface area (Å²) in [5.74, 6) is -0.170. The number of carbonyl (C=O) groups excluding carboxylic acids is 1. The Kier molecular flexibility index (Phi) is 7.63. The Morgan fingerprint density at radius 3 is 2.68 bits per heavy atom. The van der Waals surface area contributed by atoms with Crippen molar-refractivity contribution < 1.29 is 4.79 Å². The van der Waals surface area contributed by atoms with Crippen molar-refractivity contribution in [3.05, 3.63) is 48.3 Å². The van der Waals surface area contributed by atoms with E-state index in [1.807, 2.05) is 30.3 Å². The third-order valence-electron chi connectivity index (χ3n) is 3.37. The molecule has 1 unspecified atom stereocenters. The molecule has 0 aliphatic rings. The van der Waals surface area contributed by atoms with Gasteiger partial charge in [0.15, 0.2) is 5.69 Å². The highest BCUT2D eigenvalue weighted by molar-refractivity contribution is 5.92. The van der Waals surface area contributed by atoms with Gasteiger partial charge in [-0.25, -0.2) is 4.68 Å². The number of unbranched alkanes of at least 4 members (excludes halogenated alkanes) is 1. The van der Waals surface area contributed by atoms with Gasteiger partial charge in [-0.05, 0) is 24.6 Å². The molecular formula is C16H23ClN4O. The van der Waals surface area contributed by atoms with Gasteiger partial charge in [-0.3, -0.25) is 4.79 Å². The predicted molar refractivity (Wildman–Crippen MR) is 90.6 cm³/mol. The summed E-state index contributed by atoms with van der Waals surface area (Å²) in [5, 5.41) is 7.25. The van der Waals surface area contributed by atoms with E-state index in [4.69, 9.17) is 5.73 Å². The largest absolute Gasteiger partial charge is 0.347 e. The molecule has 5 nitrogen and oxygen atoms in total. The van der Waals surface area contributed by atoms with Gasteiger partial charge in [0.1, 0.15) is 0 Å². The molecule has 2 rings (SSSR count). The first-order valence-electron chi connectivity index (χ1n) is 7.36. The second-order valence-electron chi connectivity index (χ2n) is 5.03. The normalized spacial score (nSPS) is 11.5. The van der Waals surface area contributed by atoms with E-state index in [0.29, 0.717) is 12.2 Å². The van der Waals surface area contributed by atoms with E-state index in [2.05, 4.69) is 17.3 Å². The number of aromatic nitrogens is 2. The van der Waals surface area contributed by atoms with Crippen molar-refractivity contribution in [1.82, 2.24) is 15.1 Å². The summed E-state index contributed by atoms with van der Waals surface area (Å²) in [7, 11) is 0. The van der Waals surface area contributed by atoms with E-state index < -0.39 is 0 Å². The van der Waals surface area contributed by atoms with Crippen LogP contribution in [0.1, 0.15) is 36.7 Å². The van der Waals surface area contributed by atoms with Crippen molar-refractivity contribution in [2.45, 2.75) is 32.2 Å². The molecule has 0 aliphatic heterocycles. The van der Waals surface area contributed by atoms with Crippen LogP contribution in [0.25, 0.3) is 5.69 Å². The summed E-state index contributed by atoms with van der Waals surface area (Å²) >= 11 is 0. The van der Waals surface area contributed by atoms with Gasteiger partial charge in [-0.2, -0.15) is 5.10 Å². The molecule has 3 N–H and O–H groups in total. The van der Waals surface area contributed by atoms with Gasteiger partial charge < -0.3 is 11.1 Å². The zero-order chi connectivity index (χ0) is 15.1. The smallest absolute Gasteiger partial charge is 0.272 e. The molecule has 1 amide bonds. The molecule has 22 heavy (non-hydrogen) atoms. The minimum absolute atomic E-state index is 0. The lowest BCUT2D eigenvalue weighted by Gasteiger charge is -2.15. The summed E-state index contributed by atoms with van der Waals surface area (Å²) in [6, 6.07) is 11.4. The van der Waals surface area contributed by atoms with Crippen LogP contribution in [0.5, 0.6) is 0 Å². The first-order valence-corrected chi connectivity index (χ1v) is 7.36. The number of hydrogen-bond acceptors (Lipinski definition) is 3. The first kappa shape index (κ1) is 18.2. The Morgan fingerprint density at radius 2 is 2.05 bits per heavy atom. The summed E-state index contributed by atoms with van der Waals surface area (Å²) in [4.78, 5) is 12.2. The monoisotopic (exact) mass is 322 g/mol. The lowest BCUT2D eigenvalue weighted by molar-refractivity contribution is 0.0930. The van der Waals surface area contributed by atoms with Gasteiger partial charge in [0, 0.05) is 18.8 Å². The number of hydrogen-bond donors (Lipinski definition) is 2. The average molecular weight is 323 g/mol. The molecule has 1 aromatic heterocycles. The van der Waals surface area contributed by atoms with Gasteiger partial charge in [-0.15, -0.1) is 12.4 Å². The fourth-order valence-electron chi connectivity index (χ4n) is 2.13. The van der Waals surface area contributed by atoms with Crippen LogP contribution in [0.2, 0.25) is 0 Å². The lowest BCUT2D eigenvalue weighted by atomic mass is 10.1. The zero-order valence-electron chi connectivity index (χ0n) is 12.7. The van der Waals surface area contributed by atoms with Crippen LogP contribution in [-0.4, -0.2) is 28.3 Å². The number of benzene rings is 1. The molecule has 0 saturated heterocycles. The second-order valence-corrected chi connectivity index (χ2v) is 5.03. The van der Waals surface area contributed by atoms with Gasteiger partial charge >= 0.3 is 0 Å². The van der Waals surface area contributed by atoms with Crippen LogP contribution in [0.15, 0.2) is 42.6 Å². The van der Waals surface area contributed by atoms with E-state index in [1.54, 1.807) is 16.9 Å². The predicted octanol–water partition coefficient (Wildman–Crippen LogP) is 2.54. The first-order chi connectivity index (χ1) is 10.2. The molecule has 0 bridgehead atoms. The summed E-state index contributed by atoms with van der Waals surface area (Å²) in [6.07, 6.45) is 4.83. The zero-order valence-corrected chi connectivity index (χ0v) is 13.6. The molecule has 1 aromatic carbocycles. The van der Waals surface area contributed by atoms with Crippen LogP contribution < -0.4 is 11.1 Å². The molecule has 0 saturated carbocycles. The Bertz CT molecular complexity index is 571. The minimum atomic E-state index is -0.170. The number of nitrogens with zero attached hydrogens (tertiary/aromatic N) is 2. The third-order valence-corrected chi connectivity index (χ3v) is 3.37. The summed E-state index contributed by atoms with van der Waals surface area (Å²) in [5.41, 5.74) is 7.04. The highest BCUT2D eigenvalue weighted by Crippen LogP contribution is 2.07. The number of para-hydroxylation sites is 1. The fourth-order valence-corrected chi connectivity index (χ4v) is 2.13. The van der Waals surface area contributed by atoms with Gasteiger partial charge in [0.2, 0.25) is 0 Å². The van der Waals surface area contributed by atoms with Crippen LogP contribution >= 0.6 is 12.4 Å². The summed E-state index contributed by atoms with van der Waals surface area (Å²) in [6.45, 7) is 2.57. The number of amides is 1. The van der Waals surface area contributed by atoms with Crippen molar-refractivity contribution in [2.24, 2.45) is 5.73 Å². The van der Waals surface area contributed by atoms with Crippen molar-refractivity contribution in [3.63, 3.8) is 0 Å². The number of carbonyl (C=O) groups is 1. The molecule has 0 spiro atoms. The Hall–Kier alpha value is -1.85. The van der Waals surface area contributed by atoms with Crippen LogP contribution in [0.4, 0.5) is 0 Å². The van der Waals surface area contributed by atoms with Crippen molar-refractivity contribution >= 4 is 18.3 Å².